The highest BCUT2D eigenvalue weighted by Crippen LogP contribution is 2.30. The molecule has 1 aliphatic heterocycles. The topological polar surface area (TPSA) is 47.6 Å². The van der Waals surface area contributed by atoms with Crippen molar-refractivity contribution in [1.29, 1.82) is 0 Å². The van der Waals surface area contributed by atoms with Gasteiger partial charge in [-0.25, -0.2) is 4.79 Å². The van der Waals surface area contributed by atoms with Gasteiger partial charge in [-0.3, -0.25) is 4.90 Å². The molecular weight excluding hydrogens is 347 g/mol. The molecule has 134 valence electrons. The van der Waals surface area contributed by atoms with E-state index in [0.29, 0.717) is 28.3 Å². The Morgan fingerprint density at radius 3 is 2.58 bits per heavy atom. The van der Waals surface area contributed by atoms with Crippen LogP contribution in [0.3, 0.4) is 0 Å². The van der Waals surface area contributed by atoms with Gasteiger partial charge >= 0.3 is 6.03 Å². The summed E-state index contributed by atoms with van der Waals surface area (Å²) in [6.07, 6.45) is 0.921. The van der Waals surface area contributed by atoms with E-state index in [0.717, 1.165) is 38.2 Å². The van der Waals surface area contributed by atoms with Gasteiger partial charge in [-0.2, -0.15) is 0 Å². The van der Waals surface area contributed by atoms with Gasteiger partial charge < -0.3 is 15.5 Å². The summed E-state index contributed by atoms with van der Waals surface area (Å²) in [5.41, 5.74) is 1.34. The lowest BCUT2D eigenvalue weighted by atomic mass is 10.1. The van der Waals surface area contributed by atoms with Gasteiger partial charge in [-0.15, -0.1) is 0 Å². The predicted molar refractivity (Wildman–Crippen MR) is 101 cm³/mol. The summed E-state index contributed by atoms with van der Waals surface area (Å²) in [7, 11) is 2.15. The minimum atomic E-state index is -0.246. The number of likely N-dealkylation sites (N-methyl/N-ethyl adjacent to an activating group) is 1. The molecule has 2 N–H and O–H groups in total. The first kappa shape index (κ1) is 19.3. The van der Waals surface area contributed by atoms with Crippen LogP contribution in [0.15, 0.2) is 12.1 Å². The van der Waals surface area contributed by atoms with Crippen molar-refractivity contribution in [2.24, 2.45) is 0 Å². The summed E-state index contributed by atoms with van der Waals surface area (Å²) in [4.78, 5) is 16.8. The van der Waals surface area contributed by atoms with Crippen molar-refractivity contribution in [3.05, 3.63) is 27.7 Å². The summed E-state index contributed by atoms with van der Waals surface area (Å²) < 4.78 is 0. The fourth-order valence-electron chi connectivity index (χ4n) is 2.76. The van der Waals surface area contributed by atoms with Crippen LogP contribution in [0.5, 0.6) is 0 Å². The Bertz CT molecular complexity index is 574. The highest BCUT2D eigenvalue weighted by molar-refractivity contribution is 6.38. The van der Waals surface area contributed by atoms with E-state index in [-0.39, 0.29) is 6.03 Å². The minimum Gasteiger partial charge on any atom is -0.338 e. The lowest BCUT2D eigenvalue weighted by molar-refractivity contribution is 0.115. The van der Waals surface area contributed by atoms with Crippen molar-refractivity contribution in [1.82, 2.24) is 15.1 Å². The van der Waals surface area contributed by atoms with Crippen molar-refractivity contribution in [2.45, 2.75) is 26.3 Å². The van der Waals surface area contributed by atoms with Gasteiger partial charge in [0, 0.05) is 43.8 Å². The maximum atomic E-state index is 12.0. The number of hydrogen-bond donors (Lipinski definition) is 2. The minimum absolute atomic E-state index is 0.246. The molecule has 1 atom stereocenters. The second-order valence-corrected chi connectivity index (χ2v) is 7.18. The summed E-state index contributed by atoms with van der Waals surface area (Å²) in [5, 5.41) is 6.73. The molecule has 2 amide bonds. The number of nitrogens with zero attached hydrogens (tertiary/aromatic N) is 2. The first-order valence-corrected chi connectivity index (χ1v) is 9.06. The van der Waals surface area contributed by atoms with Gasteiger partial charge in [0.25, 0.3) is 0 Å². The molecule has 1 aliphatic rings. The van der Waals surface area contributed by atoms with Crippen molar-refractivity contribution in [3.8, 4) is 0 Å². The maximum absolute atomic E-state index is 12.0. The highest BCUT2D eigenvalue weighted by atomic mass is 35.5. The van der Waals surface area contributed by atoms with E-state index >= 15 is 0 Å². The Kier molecular flexibility index (Phi) is 7.16. The number of urea groups is 1. The van der Waals surface area contributed by atoms with E-state index in [1.807, 2.05) is 6.92 Å². The van der Waals surface area contributed by atoms with Gasteiger partial charge in [0.15, 0.2) is 0 Å². The predicted octanol–water partition coefficient (Wildman–Crippen LogP) is 3.45. The zero-order valence-electron chi connectivity index (χ0n) is 14.5. The summed E-state index contributed by atoms with van der Waals surface area (Å²) in [6, 6.07) is 3.65. The molecule has 0 radical (unpaired) electrons. The van der Waals surface area contributed by atoms with E-state index in [1.54, 1.807) is 12.1 Å². The first-order valence-electron chi connectivity index (χ1n) is 8.30. The van der Waals surface area contributed by atoms with Crippen molar-refractivity contribution >= 4 is 34.9 Å². The van der Waals surface area contributed by atoms with Crippen LogP contribution in [0.25, 0.3) is 0 Å². The standard InChI is InChI=1S/C17H26Cl2N4O/c1-12(23-10-8-22(3)9-11-23)6-7-20-17(24)21-15-5-4-14(18)13(2)16(15)19/h4-5,12H,6-11H2,1-3H3,(H2,20,21,24). The zero-order chi connectivity index (χ0) is 17.7. The van der Waals surface area contributed by atoms with Crippen LogP contribution in [0.2, 0.25) is 10.0 Å². The molecule has 1 aromatic rings. The smallest absolute Gasteiger partial charge is 0.319 e. The van der Waals surface area contributed by atoms with Crippen LogP contribution in [-0.2, 0) is 0 Å². The third-order valence-corrected chi connectivity index (χ3v) is 5.47. The molecule has 2 rings (SSSR count). The van der Waals surface area contributed by atoms with E-state index in [4.69, 9.17) is 23.2 Å². The third kappa shape index (κ3) is 5.24. The average Bonchev–Trinajstić information content (AvgIpc) is 2.56. The highest BCUT2D eigenvalue weighted by Gasteiger charge is 2.19. The van der Waals surface area contributed by atoms with Gasteiger partial charge in [0.2, 0.25) is 0 Å². The molecule has 24 heavy (non-hydrogen) atoms. The van der Waals surface area contributed by atoms with Crippen LogP contribution >= 0.6 is 23.2 Å². The number of carbonyl (C=O) groups excluding carboxylic acids is 1. The van der Waals surface area contributed by atoms with Crippen LogP contribution in [0.1, 0.15) is 18.9 Å². The fourth-order valence-corrected chi connectivity index (χ4v) is 3.18. The Morgan fingerprint density at radius 2 is 1.92 bits per heavy atom. The van der Waals surface area contributed by atoms with E-state index in [2.05, 4.69) is 34.4 Å². The number of halogens is 2. The summed E-state index contributed by atoms with van der Waals surface area (Å²) in [5.74, 6) is 0. The van der Waals surface area contributed by atoms with Gasteiger partial charge in [-0.1, -0.05) is 23.2 Å². The summed E-state index contributed by atoms with van der Waals surface area (Å²) in [6.45, 7) is 9.05. The largest absolute Gasteiger partial charge is 0.338 e. The molecule has 0 spiro atoms. The molecule has 1 heterocycles. The van der Waals surface area contributed by atoms with Gasteiger partial charge in [-0.05, 0) is 45.0 Å². The third-order valence-electron chi connectivity index (χ3n) is 4.58. The van der Waals surface area contributed by atoms with E-state index < -0.39 is 0 Å². The first-order chi connectivity index (χ1) is 11.4. The summed E-state index contributed by atoms with van der Waals surface area (Å²) >= 11 is 12.2. The number of hydrogen-bond acceptors (Lipinski definition) is 3. The lowest BCUT2D eigenvalue weighted by Crippen LogP contribution is -2.48. The Hall–Kier alpha value is -1.01. The van der Waals surface area contributed by atoms with Gasteiger partial charge in [0.05, 0.1) is 10.7 Å². The van der Waals surface area contributed by atoms with Crippen molar-refractivity contribution < 1.29 is 4.79 Å². The number of amides is 2. The number of carbonyl (C=O) groups is 1. The van der Waals surface area contributed by atoms with E-state index in [9.17, 15) is 4.79 Å². The normalized spacial score (nSPS) is 17.5. The number of anilines is 1. The van der Waals surface area contributed by atoms with Gasteiger partial charge in [0.1, 0.15) is 0 Å². The molecule has 1 aromatic carbocycles. The second-order valence-electron chi connectivity index (χ2n) is 6.39. The van der Waals surface area contributed by atoms with E-state index in [1.165, 1.54) is 0 Å². The SMILES string of the molecule is Cc1c(Cl)ccc(NC(=O)NCCC(C)N2CCN(C)CC2)c1Cl. The van der Waals surface area contributed by atoms with Crippen LogP contribution in [0.4, 0.5) is 10.5 Å². The Morgan fingerprint density at radius 1 is 1.25 bits per heavy atom. The molecule has 1 saturated heterocycles. The fraction of sp³-hybridized carbons (Fsp3) is 0.588. The zero-order valence-corrected chi connectivity index (χ0v) is 16.0. The number of benzene rings is 1. The number of rotatable bonds is 5. The van der Waals surface area contributed by atoms with Crippen molar-refractivity contribution in [2.75, 3.05) is 45.1 Å². The lowest BCUT2D eigenvalue weighted by Gasteiger charge is -2.36. The molecule has 1 fully saturated rings. The molecule has 0 aliphatic carbocycles. The van der Waals surface area contributed by atoms with Crippen LogP contribution in [0, 0.1) is 6.92 Å². The molecular formula is C17H26Cl2N4O. The van der Waals surface area contributed by atoms with Crippen molar-refractivity contribution in [3.63, 3.8) is 0 Å². The molecule has 5 nitrogen and oxygen atoms in total. The molecule has 0 aromatic heterocycles. The number of nitrogens with one attached hydrogen (secondary N) is 2. The maximum Gasteiger partial charge on any atom is 0.319 e. The molecule has 0 bridgehead atoms. The Labute approximate surface area is 154 Å². The van der Waals surface area contributed by atoms with Crippen LogP contribution < -0.4 is 10.6 Å². The monoisotopic (exact) mass is 372 g/mol. The molecule has 7 heteroatoms. The number of piperazine rings is 1. The quantitative estimate of drug-likeness (QED) is 0.831. The Balaban J connectivity index is 1.74. The second kappa shape index (κ2) is 8.90. The molecule has 1 unspecified atom stereocenters. The average molecular weight is 373 g/mol. The van der Waals surface area contributed by atoms with Crippen LogP contribution in [-0.4, -0.2) is 61.6 Å². The molecule has 0 saturated carbocycles.